The molecule has 2 rings (SSSR count). The van der Waals surface area contributed by atoms with Crippen LogP contribution in [0.2, 0.25) is 0 Å². The number of nitrogens with one attached hydrogen (secondary N) is 3. The number of carboxylic acid groups (broad SMARTS) is 1. The van der Waals surface area contributed by atoms with Gasteiger partial charge in [-0.25, -0.2) is 9.69 Å². The average Bonchev–Trinajstić information content (AvgIpc) is 3.11. The number of thioether (sulfide) groups is 1. The minimum Gasteiger partial charge on any atom is -0.508 e. The number of nitrogens with zero attached hydrogens (tertiary/aromatic N) is 1. The number of phenolic OH excluding ortho intramolecular Hbond substituents is 1. The predicted molar refractivity (Wildman–Crippen MR) is 204 cm³/mol. The Morgan fingerprint density at radius 1 is 0.981 bits per heavy atom. The summed E-state index contributed by atoms with van der Waals surface area (Å²) < 4.78 is 5.42. The molecule has 1 aliphatic carbocycles. The topological polar surface area (TPSA) is 217 Å². The Hall–Kier alpha value is -3.85. The third-order valence-corrected chi connectivity index (χ3v) is 10.2. The SMILES string of the molecule is CCCCOC(=O)N(C(=O)[C@@H](N)Cc1c(C)cc(O)cc1C)[C@H](CCSC)C(=O)NCC(=O)N[C@@H](CC1CCCCC1)C(=O)NCCCCCC(=O)O. The van der Waals surface area contributed by atoms with Gasteiger partial charge in [-0.1, -0.05) is 51.9 Å². The summed E-state index contributed by atoms with van der Waals surface area (Å²) in [4.78, 5) is 79.2. The van der Waals surface area contributed by atoms with Gasteiger partial charge >= 0.3 is 12.1 Å². The van der Waals surface area contributed by atoms with Gasteiger partial charge in [-0.2, -0.15) is 11.8 Å². The average molecular weight is 764 g/mol. The fourth-order valence-electron chi connectivity index (χ4n) is 6.56. The second-order valence-corrected chi connectivity index (χ2v) is 14.9. The van der Waals surface area contributed by atoms with Gasteiger partial charge in [0.15, 0.2) is 0 Å². The molecule has 0 unspecified atom stereocenters. The first-order valence-electron chi connectivity index (χ1n) is 18.9. The highest BCUT2D eigenvalue weighted by Crippen LogP contribution is 2.27. The van der Waals surface area contributed by atoms with E-state index in [4.69, 9.17) is 15.6 Å². The molecule has 0 spiro atoms. The van der Waals surface area contributed by atoms with Crippen molar-refractivity contribution < 1.29 is 43.7 Å². The number of unbranched alkanes of at least 4 members (excludes halogenated alkanes) is 3. The van der Waals surface area contributed by atoms with Crippen LogP contribution in [-0.2, 0) is 35.1 Å². The van der Waals surface area contributed by atoms with Crippen molar-refractivity contribution in [1.82, 2.24) is 20.9 Å². The molecule has 0 heterocycles. The third kappa shape index (κ3) is 16.4. The van der Waals surface area contributed by atoms with Crippen LogP contribution in [0.1, 0.15) is 107 Å². The van der Waals surface area contributed by atoms with E-state index >= 15 is 0 Å². The zero-order chi connectivity index (χ0) is 39.3. The van der Waals surface area contributed by atoms with Crippen molar-refractivity contribution in [3.05, 3.63) is 28.8 Å². The minimum absolute atomic E-state index is 0.0383. The Labute approximate surface area is 318 Å². The molecule has 1 fully saturated rings. The van der Waals surface area contributed by atoms with E-state index in [1.807, 2.05) is 13.2 Å². The number of carbonyl (C=O) groups excluding carboxylic acids is 5. The van der Waals surface area contributed by atoms with Crippen LogP contribution in [0, 0.1) is 19.8 Å². The Balaban J connectivity index is 2.20. The number of aromatic hydroxyl groups is 1. The largest absolute Gasteiger partial charge is 0.508 e. The van der Waals surface area contributed by atoms with Crippen molar-refractivity contribution in [2.45, 2.75) is 129 Å². The molecule has 0 radical (unpaired) electrons. The summed E-state index contributed by atoms with van der Waals surface area (Å²) in [5, 5.41) is 27.0. The standard InChI is InChI=1S/C38H61N5O9S/c1-5-6-18-52-38(51)43(37(50)30(39)23-29-25(2)20-28(44)21-26(29)3)32(16-19-53-4)36(49)41-24-33(45)42-31(22-27-13-9-7-10-14-27)35(48)40-17-12-8-11-15-34(46)47/h20-21,27,30-32,44H,5-19,22-24,39H2,1-4H3,(H,40,48)(H,41,49)(H,42,45)(H,46,47)/t30-,31-,32+/m0/s1. The maximum Gasteiger partial charge on any atom is 0.417 e. The highest BCUT2D eigenvalue weighted by atomic mass is 32.2. The number of carbonyl (C=O) groups is 6. The lowest BCUT2D eigenvalue weighted by Gasteiger charge is -2.31. The Morgan fingerprint density at radius 2 is 1.66 bits per heavy atom. The molecule has 0 bridgehead atoms. The highest BCUT2D eigenvalue weighted by molar-refractivity contribution is 7.98. The van der Waals surface area contributed by atoms with Gasteiger partial charge in [0.1, 0.15) is 17.8 Å². The van der Waals surface area contributed by atoms with Crippen LogP contribution in [0.25, 0.3) is 0 Å². The van der Waals surface area contributed by atoms with Crippen LogP contribution in [0.5, 0.6) is 5.75 Å². The maximum absolute atomic E-state index is 14.0. The molecule has 15 heteroatoms. The number of aliphatic carboxylic acids is 1. The van der Waals surface area contributed by atoms with Crippen molar-refractivity contribution in [2.75, 3.05) is 31.7 Å². The summed E-state index contributed by atoms with van der Waals surface area (Å²) in [5.41, 5.74) is 8.58. The van der Waals surface area contributed by atoms with Crippen LogP contribution >= 0.6 is 11.8 Å². The van der Waals surface area contributed by atoms with Crippen molar-refractivity contribution in [2.24, 2.45) is 11.7 Å². The van der Waals surface area contributed by atoms with Gasteiger partial charge < -0.3 is 36.6 Å². The lowest BCUT2D eigenvalue weighted by Crippen LogP contribution is -2.58. The molecule has 14 nitrogen and oxygen atoms in total. The van der Waals surface area contributed by atoms with Crippen molar-refractivity contribution in [1.29, 1.82) is 0 Å². The fraction of sp³-hybridized carbons (Fsp3) is 0.684. The lowest BCUT2D eigenvalue weighted by molar-refractivity contribution is -0.140. The molecule has 1 aliphatic rings. The molecule has 7 N–H and O–H groups in total. The Kier molecular flexibility index (Phi) is 20.9. The van der Waals surface area contributed by atoms with E-state index in [0.29, 0.717) is 44.4 Å². The minimum atomic E-state index is -1.33. The van der Waals surface area contributed by atoms with E-state index in [1.165, 1.54) is 11.8 Å². The normalized spacial score (nSPS) is 14.7. The summed E-state index contributed by atoms with van der Waals surface area (Å²) in [6.07, 6.45) is 9.63. The Morgan fingerprint density at radius 3 is 2.28 bits per heavy atom. The zero-order valence-corrected chi connectivity index (χ0v) is 32.7. The molecule has 0 saturated heterocycles. The Bertz CT molecular complexity index is 1350. The smallest absolute Gasteiger partial charge is 0.417 e. The van der Waals surface area contributed by atoms with Gasteiger partial charge in [0.25, 0.3) is 0 Å². The summed E-state index contributed by atoms with van der Waals surface area (Å²) in [7, 11) is 0. The number of hydrogen-bond acceptors (Lipinski definition) is 10. The molecule has 298 valence electrons. The molecular formula is C38H61N5O9S. The van der Waals surface area contributed by atoms with Crippen LogP contribution in [0.3, 0.4) is 0 Å². The van der Waals surface area contributed by atoms with Crippen LogP contribution in [-0.4, -0.2) is 101 Å². The van der Waals surface area contributed by atoms with Crippen LogP contribution in [0.15, 0.2) is 12.1 Å². The second kappa shape index (κ2) is 24.5. The van der Waals surface area contributed by atoms with Gasteiger partial charge in [0.2, 0.25) is 23.6 Å². The predicted octanol–water partition coefficient (Wildman–Crippen LogP) is 4.10. The second-order valence-electron chi connectivity index (χ2n) is 13.9. The van der Waals surface area contributed by atoms with Gasteiger partial charge in [0, 0.05) is 13.0 Å². The fourth-order valence-corrected chi connectivity index (χ4v) is 7.02. The van der Waals surface area contributed by atoms with Gasteiger partial charge in [-0.05, 0) is 99.1 Å². The molecule has 3 atom stereocenters. The van der Waals surface area contributed by atoms with Gasteiger partial charge in [0.05, 0.1) is 19.2 Å². The van der Waals surface area contributed by atoms with Crippen molar-refractivity contribution >= 4 is 47.5 Å². The van der Waals surface area contributed by atoms with Crippen LogP contribution in [0.4, 0.5) is 4.79 Å². The van der Waals surface area contributed by atoms with Crippen molar-refractivity contribution in [3.8, 4) is 5.75 Å². The van der Waals surface area contributed by atoms with E-state index < -0.39 is 54.5 Å². The number of ether oxygens (including phenoxy) is 1. The molecule has 1 saturated carbocycles. The quantitative estimate of drug-likeness (QED) is 0.0873. The van der Waals surface area contributed by atoms with Gasteiger partial charge in [-0.15, -0.1) is 0 Å². The van der Waals surface area contributed by atoms with Crippen LogP contribution < -0.4 is 21.7 Å². The molecule has 1 aromatic rings. The van der Waals surface area contributed by atoms with Crippen molar-refractivity contribution in [3.63, 3.8) is 0 Å². The number of nitrogens with two attached hydrogens (primary N) is 1. The number of imide groups is 1. The first-order chi connectivity index (χ1) is 25.3. The van der Waals surface area contributed by atoms with E-state index in [0.717, 1.165) is 60.1 Å². The molecule has 0 aliphatic heterocycles. The first-order valence-corrected chi connectivity index (χ1v) is 20.3. The van der Waals surface area contributed by atoms with E-state index in [-0.39, 0.29) is 43.4 Å². The molecule has 5 amide bonds. The number of phenols is 1. The number of aryl methyl sites for hydroxylation is 2. The summed E-state index contributed by atoms with van der Waals surface area (Å²) in [5.74, 6) is -2.61. The zero-order valence-electron chi connectivity index (χ0n) is 31.9. The van der Waals surface area contributed by atoms with Gasteiger partial charge in [-0.3, -0.25) is 24.0 Å². The lowest BCUT2D eigenvalue weighted by atomic mass is 9.84. The summed E-state index contributed by atoms with van der Waals surface area (Å²) >= 11 is 1.42. The number of hydrogen-bond donors (Lipinski definition) is 6. The molecule has 0 aromatic heterocycles. The molecular weight excluding hydrogens is 703 g/mol. The maximum atomic E-state index is 14.0. The summed E-state index contributed by atoms with van der Waals surface area (Å²) in [6, 6.07) is -0.257. The van der Waals surface area contributed by atoms with E-state index in [2.05, 4.69) is 16.0 Å². The number of carboxylic acids is 1. The summed E-state index contributed by atoms with van der Waals surface area (Å²) in [6.45, 7) is 5.37. The highest BCUT2D eigenvalue weighted by Gasteiger charge is 2.38. The van der Waals surface area contributed by atoms with E-state index in [1.54, 1.807) is 26.0 Å². The molecule has 1 aromatic carbocycles. The number of rotatable bonds is 23. The monoisotopic (exact) mass is 763 g/mol. The number of benzene rings is 1. The van der Waals surface area contributed by atoms with E-state index in [9.17, 15) is 33.9 Å². The molecule has 53 heavy (non-hydrogen) atoms. The first kappa shape index (κ1) is 45.3. The number of amides is 5. The third-order valence-electron chi connectivity index (χ3n) is 9.52.